The van der Waals surface area contributed by atoms with Gasteiger partial charge in [0.25, 0.3) is 0 Å². The minimum atomic E-state index is 0.300. The van der Waals surface area contributed by atoms with Gasteiger partial charge in [-0.2, -0.15) is 0 Å². The maximum absolute atomic E-state index is 5.55. The second-order valence-corrected chi connectivity index (χ2v) is 6.38. The average molecular weight is 330 g/mol. The minimum absolute atomic E-state index is 0.300. The van der Waals surface area contributed by atoms with Crippen LogP contribution in [0.4, 0.5) is 10.8 Å². The van der Waals surface area contributed by atoms with Crippen LogP contribution in [0.3, 0.4) is 0 Å². The third-order valence-electron chi connectivity index (χ3n) is 2.88. The van der Waals surface area contributed by atoms with Crippen molar-refractivity contribution in [1.29, 1.82) is 0 Å². The minimum Gasteiger partial charge on any atom is -0.376 e. The number of nitrogens with zero attached hydrogens (tertiary/aromatic N) is 1. The van der Waals surface area contributed by atoms with E-state index in [2.05, 4.69) is 35.5 Å². The van der Waals surface area contributed by atoms with Crippen molar-refractivity contribution >= 4 is 49.7 Å². The van der Waals surface area contributed by atoms with Gasteiger partial charge in [0.2, 0.25) is 0 Å². The Labute approximate surface area is 139 Å². The van der Waals surface area contributed by atoms with Crippen LogP contribution < -0.4 is 16.8 Å². The van der Waals surface area contributed by atoms with Gasteiger partial charge < -0.3 is 16.8 Å². The fourth-order valence-electron chi connectivity index (χ4n) is 1.83. The molecule has 0 radical (unpaired) electrons. The SMILES string of the molecule is Cc1ccc(NC(N)=S)cc1.Cc1ccc2nc(N)sc2c1. The summed E-state index contributed by atoms with van der Waals surface area (Å²) in [6.45, 7) is 4.10. The first-order valence-corrected chi connectivity index (χ1v) is 7.92. The molecule has 1 aromatic heterocycles. The molecule has 0 bridgehead atoms. The molecule has 0 fully saturated rings. The predicted molar refractivity (Wildman–Crippen MR) is 100 cm³/mol. The van der Waals surface area contributed by atoms with Crippen LogP contribution in [0.2, 0.25) is 0 Å². The number of nitrogen functional groups attached to an aromatic ring is 1. The van der Waals surface area contributed by atoms with Crippen molar-refractivity contribution in [2.75, 3.05) is 11.1 Å². The summed E-state index contributed by atoms with van der Waals surface area (Å²) in [5, 5.41) is 3.79. The van der Waals surface area contributed by atoms with Gasteiger partial charge in [-0.15, -0.1) is 0 Å². The van der Waals surface area contributed by atoms with Gasteiger partial charge in [0, 0.05) is 5.69 Å². The van der Waals surface area contributed by atoms with E-state index in [-0.39, 0.29) is 0 Å². The zero-order chi connectivity index (χ0) is 16.1. The first kappa shape index (κ1) is 16.2. The van der Waals surface area contributed by atoms with Crippen LogP contribution in [-0.2, 0) is 0 Å². The van der Waals surface area contributed by atoms with Crippen LogP contribution >= 0.6 is 23.6 Å². The molecule has 0 spiro atoms. The Morgan fingerprint density at radius 1 is 1.09 bits per heavy atom. The largest absolute Gasteiger partial charge is 0.376 e. The summed E-state index contributed by atoms with van der Waals surface area (Å²) in [6.07, 6.45) is 0. The summed E-state index contributed by atoms with van der Waals surface area (Å²) in [5.74, 6) is 0. The van der Waals surface area contributed by atoms with Crippen molar-refractivity contribution in [2.45, 2.75) is 13.8 Å². The fourth-order valence-corrected chi connectivity index (χ4v) is 2.78. The molecule has 0 aliphatic heterocycles. The Balaban J connectivity index is 0.000000160. The number of fused-ring (bicyclic) bond motifs is 1. The Morgan fingerprint density at radius 2 is 1.73 bits per heavy atom. The van der Waals surface area contributed by atoms with Crippen molar-refractivity contribution in [3.63, 3.8) is 0 Å². The highest BCUT2D eigenvalue weighted by molar-refractivity contribution is 7.80. The Morgan fingerprint density at radius 3 is 2.36 bits per heavy atom. The first-order valence-electron chi connectivity index (χ1n) is 6.70. The van der Waals surface area contributed by atoms with Gasteiger partial charge in [-0.1, -0.05) is 35.1 Å². The van der Waals surface area contributed by atoms with E-state index < -0.39 is 0 Å². The molecule has 0 aliphatic rings. The molecular formula is C16H18N4S2. The van der Waals surface area contributed by atoms with Crippen LogP contribution in [0.1, 0.15) is 11.1 Å². The second kappa shape index (κ2) is 7.20. The molecule has 2 aromatic carbocycles. The van der Waals surface area contributed by atoms with Gasteiger partial charge in [-0.25, -0.2) is 4.98 Å². The number of thiocarbonyl (C=S) groups is 1. The predicted octanol–water partition coefficient (Wildman–Crippen LogP) is 3.84. The standard InChI is InChI=1S/C8H8N2S.C8H10N2S/c1-5-2-3-6-7(4-5)11-8(9)10-6;1-6-2-4-7(5-3-6)10-8(9)11/h2-4H,1H3,(H2,9,10);2-5H,1H3,(H3,9,10,11). The molecule has 3 aromatic rings. The number of anilines is 2. The molecule has 0 saturated carbocycles. The highest BCUT2D eigenvalue weighted by Crippen LogP contribution is 2.23. The zero-order valence-electron chi connectivity index (χ0n) is 12.5. The summed E-state index contributed by atoms with van der Waals surface area (Å²) in [4.78, 5) is 4.15. The quantitative estimate of drug-likeness (QED) is 0.591. The van der Waals surface area contributed by atoms with Crippen molar-refractivity contribution < 1.29 is 0 Å². The van der Waals surface area contributed by atoms with E-state index in [1.165, 1.54) is 27.2 Å². The van der Waals surface area contributed by atoms with Gasteiger partial charge in [0.1, 0.15) is 0 Å². The molecule has 1 heterocycles. The normalized spacial score (nSPS) is 9.91. The Kier molecular flexibility index (Phi) is 5.30. The molecule has 0 unspecified atom stereocenters. The summed E-state index contributed by atoms with van der Waals surface area (Å²) in [5.41, 5.74) is 15.2. The van der Waals surface area contributed by atoms with Crippen LogP contribution in [0, 0.1) is 13.8 Å². The maximum Gasteiger partial charge on any atom is 0.181 e. The average Bonchev–Trinajstić information content (AvgIpc) is 2.81. The van der Waals surface area contributed by atoms with Crippen molar-refractivity contribution in [3.8, 4) is 0 Å². The van der Waals surface area contributed by atoms with E-state index in [0.29, 0.717) is 10.2 Å². The van der Waals surface area contributed by atoms with E-state index >= 15 is 0 Å². The van der Waals surface area contributed by atoms with Crippen molar-refractivity contribution in [2.24, 2.45) is 5.73 Å². The van der Waals surface area contributed by atoms with Crippen LogP contribution in [0.15, 0.2) is 42.5 Å². The number of benzene rings is 2. The van der Waals surface area contributed by atoms with E-state index in [1.54, 1.807) is 0 Å². The van der Waals surface area contributed by atoms with Gasteiger partial charge in [-0.05, 0) is 55.9 Å². The third kappa shape index (κ3) is 4.68. The zero-order valence-corrected chi connectivity index (χ0v) is 14.1. The monoisotopic (exact) mass is 330 g/mol. The van der Waals surface area contributed by atoms with E-state index in [1.807, 2.05) is 43.3 Å². The molecule has 3 rings (SSSR count). The van der Waals surface area contributed by atoms with Gasteiger partial charge in [-0.3, -0.25) is 0 Å². The highest BCUT2D eigenvalue weighted by atomic mass is 32.1. The van der Waals surface area contributed by atoms with Gasteiger partial charge >= 0.3 is 0 Å². The maximum atomic E-state index is 5.55. The lowest BCUT2D eigenvalue weighted by Gasteiger charge is -2.02. The summed E-state index contributed by atoms with van der Waals surface area (Å²) in [6, 6.07) is 14.0. The molecule has 114 valence electrons. The molecule has 0 aliphatic carbocycles. The molecule has 0 amide bonds. The summed E-state index contributed by atoms with van der Waals surface area (Å²) < 4.78 is 1.17. The highest BCUT2D eigenvalue weighted by Gasteiger charge is 1.98. The molecule has 0 atom stereocenters. The molecule has 22 heavy (non-hydrogen) atoms. The fraction of sp³-hybridized carbons (Fsp3) is 0.125. The Bertz CT molecular complexity index is 778. The number of thiazole rings is 1. The third-order valence-corrected chi connectivity index (χ3v) is 3.83. The molecule has 6 heteroatoms. The van der Waals surface area contributed by atoms with Gasteiger partial charge in [0.15, 0.2) is 10.2 Å². The molecule has 4 nitrogen and oxygen atoms in total. The topological polar surface area (TPSA) is 77.0 Å². The van der Waals surface area contributed by atoms with E-state index in [0.717, 1.165) is 11.2 Å². The first-order chi connectivity index (χ1) is 10.4. The number of hydrogen-bond acceptors (Lipinski definition) is 4. The lowest BCUT2D eigenvalue weighted by molar-refractivity contribution is 1.46. The number of rotatable bonds is 1. The number of hydrogen-bond donors (Lipinski definition) is 3. The number of nitrogens with two attached hydrogens (primary N) is 2. The molecule has 5 N–H and O–H groups in total. The van der Waals surface area contributed by atoms with E-state index in [4.69, 9.17) is 11.5 Å². The molecular weight excluding hydrogens is 312 g/mol. The van der Waals surface area contributed by atoms with Crippen molar-refractivity contribution in [1.82, 2.24) is 4.98 Å². The summed E-state index contributed by atoms with van der Waals surface area (Å²) in [7, 11) is 0. The van der Waals surface area contributed by atoms with Crippen LogP contribution in [0.25, 0.3) is 10.2 Å². The Hall–Kier alpha value is -2.18. The van der Waals surface area contributed by atoms with Gasteiger partial charge in [0.05, 0.1) is 10.2 Å². The number of aromatic nitrogens is 1. The lowest BCUT2D eigenvalue weighted by Crippen LogP contribution is -2.18. The summed E-state index contributed by atoms with van der Waals surface area (Å²) >= 11 is 6.21. The van der Waals surface area contributed by atoms with Crippen LogP contribution in [-0.4, -0.2) is 10.1 Å². The van der Waals surface area contributed by atoms with E-state index in [9.17, 15) is 0 Å². The molecule has 0 saturated heterocycles. The van der Waals surface area contributed by atoms with Crippen LogP contribution in [0.5, 0.6) is 0 Å². The number of nitrogens with one attached hydrogen (secondary N) is 1. The smallest absolute Gasteiger partial charge is 0.181 e. The van der Waals surface area contributed by atoms with Crippen molar-refractivity contribution in [3.05, 3.63) is 53.6 Å². The number of aryl methyl sites for hydroxylation is 2. The second-order valence-electron chi connectivity index (χ2n) is 4.88. The lowest BCUT2D eigenvalue weighted by atomic mass is 10.2.